The predicted molar refractivity (Wildman–Crippen MR) is 57.1 cm³/mol. The summed E-state index contributed by atoms with van der Waals surface area (Å²) in [5.41, 5.74) is 3.78. The zero-order valence-electron chi connectivity index (χ0n) is 8.11. The smallest absolute Gasteiger partial charge is 0.0419 e. The summed E-state index contributed by atoms with van der Waals surface area (Å²) in [6.45, 7) is 0. The van der Waals surface area contributed by atoms with E-state index in [1.165, 1.54) is 0 Å². The van der Waals surface area contributed by atoms with Gasteiger partial charge in [0.2, 0.25) is 0 Å². The van der Waals surface area contributed by atoms with Crippen molar-refractivity contribution < 1.29 is 0 Å². The number of hydrogen-bond acceptors (Lipinski definition) is 3. The predicted octanol–water partition coefficient (Wildman–Crippen LogP) is 0.869. The summed E-state index contributed by atoms with van der Waals surface area (Å²) in [5.74, 6) is 8.02. The third kappa shape index (κ3) is 3.56. The first kappa shape index (κ1) is 10.7. The van der Waals surface area contributed by atoms with Crippen LogP contribution in [0.2, 0.25) is 0 Å². The molecule has 1 aromatic heterocycles. The van der Waals surface area contributed by atoms with Crippen molar-refractivity contribution in [2.45, 2.75) is 25.3 Å². The average molecular weight is 189 g/mol. The van der Waals surface area contributed by atoms with Crippen LogP contribution in [0.4, 0.5) is 0 Å². The van der Waals surface area contributed by atoms with Crippen LogP contribution < -0.4 is 11.3 Å². The highest BCUT2D eigenvalue weighted by Crippen LogP contribution is 2.03. The fourth-order valence-electron chi connectivity index (χ4n) is 1.27. The summed E-state index contributed by atoms with van der Waals surface area (Å²) < 4.78 is 0. The summed E-state index contributed by atoms with van der Waals surface area (Å²) >= 11 is 0. The Balaban J connectivity index is 2.45. The van der Waals surface area contributed by atoms with E-state index in [1.807, 2.05) is 18.2 Å². The molecule has 0 spiro atoms. The van der Waals surface area contributed by atoms with Gasteiger partial charge in [0.15, 0.2) is 0 Å². The minimum Gasteiger partial charge on any atom is -0.271 e. The Kier molecular flexibility index (Phi) is 4.70. The zero-order valence-corrected chi connectivity index (χ0v) is 8.11. The third-order valence-electron chi connectivity index (χ3n) is 2.05. The Morgan fingerprint density at radius 1 is 1.57 bits per heavy atom. The normalized spacial score (nSPS) is 12.0. The fourth-order valence-corrected chi connectivity index (χ4v) is 1.27. The highest BCUT2D eigenvalue weighted by molar-refractivity contribution is 5.05. The molecule has 3 N–H and O–H groups in total. The van der Waals surface area contributed by atoms with Crippen LogP contribution in [0.25, 0.3) is 0 Å². The number of nitrogens with one attached hydrogen (secondary N) is 1. The molecular weight excluding hydrogens is 174 g/mol. The second kappa shape index (κ2) is 6.14. The van der Waals surface area contributed by atoms with Gasteiger partial charge >= 0.3 is 0 Å². The number of hydrazine groups is 1. The molecule has 0 fully saturated rings. The van der Waals surface area contributed by atoms with Crippen LogP contribution in [0, 0.1) is 12.3 Å². The number of rotatable bonds is 5. The molecule has 3 nitrogen and oxygen atoms in total. The summed E-state index contributed by atoms with van der Waals surface area (Å²) in [6, 6.07) is 6.06. The number of terminal acetylenes is 1. The molecule has 0 aliphatic heterocycles. The molecule has 0 aromatic carbocycles. The number of nitrogens with zero attached hydrogens (tertiary/aromatic N) is 1. The first-order valence-electron chi connectivity index (χ1n) is 4.66. The molecule has 3 heteroatoms. The Morgan fingerprint density at radius 2 is 2.43 bits per heavy atom. The molecule has 1 aromatic rings. The van der Waals surface area contributed by atoms with E-state index in [0.717, 1.165) is 25.0 Å². The SMILES string of the molecule is C#CCCC(Cc1ccccn1)NN. The van der Waals surface area contributed by atoms with Crippen LogP contribution in [0.1, 0.15) is 18.5 Å². The molecule has 14 heavy (non-hydrogen) atoms. The van der Waals surface area contributed by atoms with Gasteiger partial charge in [0, 0.05) is 30.8 Å². The van der Waals surface area contributed by atoms with Crippen LogP contribution in [-0.2, 0) is 6.42 Å². The summed E-state index contributed by atoms with van der Waals surface area (Å²) in [5, 5.41) is 0. The van der Waals surface area contributed by atoms with Gasteiger partial charge in [-0.2, -0.15) is 0 Å². The number of hydrogen-bond donors (Lipinski definition) is 2. The van der Waals surface area contributed by atoms with E-state index < -0.39 is 0 Å². The molecule has 1 unspecified atom stereocenters. The van der Waals surface area contributed by atoms with E-state index >= 15 is 0 Å². The van der Waals surface area contributed by atoms with Gasteiger partial charge in [-0.1, -0.05) is 6.07 Å². The topological polar surface area (TPSA) is 50.9 Å². The molecule has 0 bridgehead atoms. The Hall–Kier alpha value is -1.37. The highest BCUT2D eigenvalue weighted by atomic mass is 15.2. The summed E-state index contributed by atoms with van der Waals surface area (Å²) in [4.78, 5) is 4.23. The van der Waals surface area contributed by atoms with Gasteiger partial charge in [-0.3, -0.25) is 16.3 Å². The van der Waals surface area contributed by atoms with Crippen molar-refractivity contribution in [2.24, 2.45) is 5.84 Å². The van der Waals surface area contributed by atoms with E-state index in [-0.39, 0.29) is 6.04 Å². The molecule has 0 saturated heterocycles. The molecule has 74 valence electrons. The van der Waals surface area contributed by atoms with E-state index in [1.54, 1.807) is 6.20 Å². The maximum absolute atomic E-state index is 5.42. The molecular formula is C11H15N3. The van der Waals surface area contributed by atoms with E-state index in [4.69, 9.17) is 12.3 Å². The molecule has 0 aliphatic rings. The number of nitrogens with two attached hydrogens (primary N) is 1. The van der Waals surface area contributed by atoms with Crippen LogP contribution >= 0.6 is 0 Å². The standard InChI is InChI=1S/C11H15N3/c1-2-3-6-11(14-12)9-10-7-4-5-8-13-10/h1,4-5,7-8,11,14H,3,6,9,12H2. The molecule has 1 heterocycles. The van der Waals surface area contributed by atoms with Gasteiger partial charge in [-0.05, 0) is 18.6 Å². The number of aromatic nitrogens is 1. The lowest BCUT2D eigenvalue weighted by Crippen LogP contribution is -2.36. The van der Waals surface area contributed by atoms with Crippen LogP contribution in [0.3, 0.4) is 0 Å². The monoisotopic (exact) mass is 189 g/mol. The van der Waals surface area contributed by atoms with Crippen molar-refractivity contribution in [1.82, 2.24) is 10.4 Å². The van der Waals surface area contributed by atoms with Crippen LogP contribution in [0.5, 0.6) is 0 Å². The lowest BCUT2D eigenvalue weighted by Gasteiger charge is -2.13. The Bertz CT molecular complexity index is 289. The second-order valence-corrected chi connectivity index (χ2v) is 3.13. The van der Waals surface area contributed by atoms with Gasteiger partial charge in [0.05, 0.1) is 0 Å². The Morgan fingerprint density at radius 3 is 3.00 bits per heavy atom. The van der Waals surface area contributed by atoms with Crippen molar-refractivity contribution in [1.29, 1.82) is 0 Å². The van der Waals surface area contributed by atoms with Crippen molar-refractivity contribution in [2.75, 3.05) is 0 Å². The van der Waals surface area contributed by atoms with Gasteiger partial charge < -0.3 is 0 Å². The molecule has 0 aliphatic carbocycles. The van der Waals surface area contributed by atoms with Gasteiger partial charge in [0.25, 0.3) is 0 Å². The van der Waals surface area contributed by atoms with Gasteiger partial charge in [-0.15, -0.1) is 12.3 Å². The molecule has 1 atom stereocenters. The van der Waals surface area contributed by atoms with E-state index in [2.05, 4.69) is 16.3 Å². The minimum atomic E-state index is 0.209. The maximum atomic E-state index is 5.42. The largest absolute Gasteiger partial charge is 0.271 e. The van der Waals surface area contributed by atoms with Crippen molar-refractivity contribution in [3.8, 4) is 12.3 Å². The first-order chi connectivity index (χ1) is 6.86. The third-order valence-corrected chi connectivity index (χ3v) is 2.05. The molecule has 0 radical (unpaired) electrons. The molecule has 1 rings (SSSR count). The second-order valence-electron chi connectivity index (χ2n) is 3.13. The van der Waals surface area contributed by atoms with Crippen LogP contribution in [0.15, 0.2) is 24.4 Å². The zero-order chi connectivity index (χ0) is 10.2. The quantitative estimate of drug-likeness (QED) is 0.410. The molecule has 0 saturated carbocycles. The van der Waals surface area contributed by atoms with Crippen LogP contribution in [-0.4, -0.2) is 11.0 Å². The lowest BCUT2D eigenvalue weighted by molar-refractivity contribution is 0.493. The summed E-state index contributed by atoms with van der Waals surface area (Å²) in [7, 11) is 0. The summed E-state index contributed by atoms with van der Waals surface area (Å²) in [6.07, 6.45) is 9.41. The van der Waals surface area contributed by atoms with E-state index in [9.17, 15) is 0 Å². The average Bonchev–Trinajstić information content (AvgIpc) is 2.25. The van der Waals surface area contributed by atoms with E-state index in [0.29, 0.717) is 0 Å². The highest BCUT2D eigenvalue weighted by Gasteiger charge is 2.06. The maximum Gasteiger partial charge on any atom is 0.0419 e. The van der Waals surface area contributed by atoms with Crippen molar-refractivity contribution in [3.05, 3.63) is 30.1 Å². The lowest BCUT2D eigenvalue weighted by atomic mass is 10.1. The minimum absolute atomic E-state index is 0.209. The number of pyridine rings is 1. The fraction of sp³-hybridized carbons (Fsp3) is 0.364. The first-order valence-corrected chi connectivity index (χ1v) is 4.66. The molecule has 0 amide bonds. The Labute approximate surface area is 84.7 Å². The van der Waals surface area contributed by atoms with Crippen molar-refractivity contribution >= 4 is 0 Å². The van der Waals surface area contributed by atoms with Gasteiger partial charge in [-0.25, -0.2) is 0 Å². The van der Waals surface area contributed by atoms with Gasteiger partial charge in [0.1, 0.15) is 0 Å². The van der Waals surface area contributed by atoms with Crippen molar-refractivity contribution in [3.63, 3.8) is 0 Å².